The van der Waals surface area contributed by atoms with Gasteiger partial charge >= 0.3 is 0 Å². The highest BCUT2D eigenvalue weighted by Gasteiger charge is 2.31. The molecule has 0 aromatic heterocycles. The number of carbonyl (C=O) groups excluding carboxylic acids is 10. The molecule has 6 N–H and O–H groups in total. The van der Waals surface area contributed by atoms with Gasteiger partial charge in [-0.1, -0.05) is 118 Å². The zero-order chi connectivity index (χ0) is 59.1. The summed E-state index contributed by atoms with van der Waals surface area (Å²) in [5, 5.41) is 11.0. The average Bonchev–Trinajstić information content (AvgIpc) is 3.43. The summed E-state index contributed by atoms with van der Waals surface area (Å²) < 4.78 is 20.8. The minimum atomic E-state index is -1.08. The van der Waals surface area contributed by atoms with Crippen LogP contribution in [-0.2, 0) is 79.7 Å². The zero-order valence-corrected chi connectivity index (χ0v) is 48.5. The van der Waals surface area contributed by atoms with Crippen LogP contribution >= 0.6 is 0 Å². The van der Waals surface area contributed by atoms with Gasteiger partial charge in [-0.2, -0.15) is 0 Å². The number of benzene rings is 2. The Balaban J connectivity index is -0.0000164. The number of Topliss-reactive ketones (excluding diaryl/α,β-unsaturated/α-hetero) is 6. The zero-order valence-electron chi connectivity index (χ0n) is 48.5. The summed E-state index contributed by atoms with van der Waals surface area (Å²) >= 11 is 0. The van der Waals surface area contributed by atoms with Crippen LogP contribution in [-0.4, -0.2) is 143 Å². The molecule has 84 heavy (non-hydrogen) atoms. The van der Waals surface area contributed by atoms with E-state index in [1.165, 1.54) is 0 Å². The Kier molecular flexibility index (Phi) is 48.4. The van der Waals surface area contributed by atoms with E-state index in [1.807, 2.05) is 76.2 Å². The second kappa shape index (κ2) is 49.4. The lowest BCUT2D eigenvalue weighted by molar-refractivity contribution is -0.133. The molecule has 0 saturated heterocycles. The van der Waals surface area contributed by atoms with E-state index in [2.05, 4.69) is 21.3 Å². The van der Waals surface area contributed by atoms with Crippen LogP contribution in [0.3, 0.4) is 0 Å². The molecule has 2 aromatic rings. The van der Waals surface area contributed by atoms with Crippen LogP contribution in [0, 0.1) is 23.7 Å². The Morgan fingerprint density at radius 1 is 0.452 bits per heavy atom. The predicted molar refractivity (Wildman–Crippen MR) is 331 cm³/mol. The van der Waals surface area contributed by atoms with Crippen molar-refractivity contribution in [1.82, 2.24) is 21.3 Å². The molecule has 0 saturated carbocycles. The van der Waals surface area contributed by atoms with Crippen LogP contribution in [0.4, 0.5) is 0 Å². The van der Waals surface area contributed by atoms with Crippen molar-refractivity contribution in [3.8, 4) is 0 Å². The van der Waals surface area contributed by atoms with Gasteiger partial charge < -0.3 is 45.9 Å². The molecule has 0 bridgehead atoms. The quantitative estimate of drug-likeness (QED) is 0.0392. The van der Waals surface area contributed by atoms with E-state index in [9.17, 15) is 47.9 Å². The van der Waals surface area contributed by atoms with Gasteiger partial charge in [-0.3, -0.25) is 47.9 Å². The third-order valence-corrected chi connectivity index (χ3v) is 13.3. The Bertz CT molecular complexity index is 2190. The Hall–Kier alpha value is -5.86. The summed E-state index contributed by atoms with van der Waals surface area (Å²) in [6, 6.07) is 15.1. The number of methoxy groups -OCH3 is 2. The number of hydrogen-bond acceptors (Lipinski definition) is 15. The molecule has 5 unspecified atom stereocenters. The summed E-state index contributed by atoms with van der Waals surface area (Å²) in [6.07, 6.45) is 2.71. The van der Waals surface area contributed by atoms with Crippen molar-refractivity contribution in [2.75, 3.05) is 67.0 Å². The van der Waals surface area contributed by atoms with E-state index in [4.69, 9.17) is 24.7 Å². The molecule has 4 amide bonds. The van der Waals surface area contributed by atoms with Gasteiger partial charge in [0.2, 0.25) is 23.6 Å². The summed E-state index contributed by atoms with van der Waals surface area (Å²) in [5.41, 5.74) is 7.74. The van der Waals surface area contributed by atoms with E-state index in [-0.39, 0.29) is 161 Å². The number of rotatable bonds is 48. The minimum absolute atomic E-state index is 0. The first-order valence-electron chi connectivity index (χ1n) is 28.6. The number of nitrogens with one attached hydrogen (secondary N) is 4. The third kappa shape index (κ3) is 38.9. The molecule has 0 radical (unpaired) electrons. The number of hydrogen-bond donors (Lipinski definition) is 5. The number of ether oxygens (including phenoxy) is 4. The normalized spacial score (nSPS) is 12.5. The summed E-state index contributed by atoms with van der Waals surface area (Å²) in [7, 11) is 3.18. The molecule has 5 atom stereocenters. The number of ketones is 6. The largest absolute Gasteiger partial charge is 0.382 e. The van der Waals surface area contributed by atoms with Crippen molar-refractivity contribution in [2.45, 2.75) is 191 Å². The second-order valence-corrected chi connectivity index (χ2v) is 21.4. The molecule has 19 heteroatoms. The number of amides is 4. The van der Waals surface area contributed by atoms with Gasteiger partial charge in [-0.15, -0.1) is 0 Å². The first-order chi connectivity index (χ1) is 38.3. The lowest BCUT2D eigenvalue weighted by Crippen LogP contribution is -2.45. The highest BCUT2D eigenvalue weighted by Crippen LogP contribution is 2.21. The monoisotopic (exact) mass is 1180 g/mol. The molecular formula is C65H109N5O14. The van der Waals surface area contributed by atoms with Gasteiger partial charge in [0.1, 0.15) is 11.6 Å². The van der Waals surface area contributed by atoms with Gasteiger partial charge in [0.05, 0.1) is 57.6 Å². The van der Waals surface area contributed by atoms with Crippen molar-refractivity contribution in [3.05, 3.63) is 71.8 Å². The molecule has 0 heterocycles. The molecule has 0 fully saturated rings. The van der Waals surface area contributed by atoms with Crippen LogP contribution in [0.5, 0.6) is 0 Å². The summed E-state index contributed by atoms with van der Waals surface area (Å²) in [6.45, 7) is 10.3. The molecule has 2 rings (SSSR count). The molecule has 0 spiro atoms. The third-order valence-electron chi connectivity index (χ3n) is 13.3. The van der Waals surface area contributed by atoms with Crippen molar-refractivity contribution in [2.24, 2.45) is 29.4 Å². The maximum atomic E-state index is 13.9. The fourth-order valence-electron chi connectivity index (χ4n) is 8.85. The van der Waals surface area contributed by atoms with Crippen molar-refractivity contribution >= 4 is 58.3 Å². The van der Waals surface area contributed by atoms with Crippen LogP contribution < -0.4 is 27.0 Å². The number of carbonyl (C=O) groups is 10. The minimum Gasteiger partial charge on any atom is -0.382 e. The maximum Gasteiger partial charge on any atom is 0.223 e. The lowest BCUT2D eigenvalue weighted by Gasteiger charge is -2.23. The van der Waals surface area contributed by atoms with Gasteiger partial charge in [0, 0.05) is 97.1 Å². The topological polar surface area (TPSA) is 282 Å². The van der Waals surface area contributed by atoms with E-state index < -0.39 is 59.4 Å². The Morgan fingerprint density at radius 2 is 0.845 bits per heavy atom. The van der Waals surface area contributed by atoms with Crippen molar-refractivity contribution in [1.29, 1.82) is 0 Å². The second-order valence-electron chi connectivity index (χ2n) is 21.4. The lowest BCUT2D eigenvalue weighted by atomic mass is 9.88. The Morgan fingerprint density at radius 3 is 1.23 bits per heavy atom. The molecule has 478 valence electrons. The fraction of sp³-hybridized carbons (Fsp3) is 0.662. The first-order valence-corrected chi connectivity index (χ1v) is 28.6. The van der Waals surface area contributed by atoms with Crippen LogP contribution in [0.15, 0.2) is 60.7 Å². The molecule has 0 aliphatic heterocycles. The number of unbranched alkanes of at least 4 members (excludes halogenated alkanes) is 2. The average molecular weight is 1180 g/mol. The maximum absolute atomic E-state index is 13.9. The van der Waals surface area contributed by atoms with Crippen LogP contribution in [0.25, 0.3) is 0 Å². The number of nitrogens with two attached hydrogens (primary N) is 1. The first kappa shape index (κ1) is 82.4. The Labute approximate surface area is 503 Å². The van der Waals surface area contributed by atoms with E-state index in [1.54, 1.807) is 26.4 Å². The van der Waals surface area contributed by atoms with Gasteiger partial charge in [0.25, 0.3) is 0 Å². The van der Waals surface area contributed by atoms with E-state index >= 15 is 0 Å². The molecular weight excluding hydrogens is 1070 g/mol. The van der Waals surface area contributed by atoms with Crippen molar-refractivity contribution < 1.29 is 66.9 Å². The summed E-state index contributed by atoms with van der Waals surface area (Å²) in [4.78, 5) is 133. The van der Waals surface area contributed by atoms with Crippen molar-refractivity contribution in [3.63, 3.8) is 0 Å². The highest BCUT2D eigenvalue weighted by molar-refractivity contribution is 5.96. The molecule has 0 aliphatic carbocycles. The SMILES string of the molecule is C.C.C.C.COCCOCCCCC(=O)CNC(=O)C(CC(=O)C(Cc1ccccc1)NC(=O)CCC(=O)CCC(N)C(=O)CCC(=O)NC(Cc1ccccc1)C(=O)CC(CC(C)C)C(=O)NCC(=O)CCCCOCCOC)CC(C)C. The van der Waals surface area contributed by atoms with Gasteiger partial charge in [0.15, 0.2) is 23.1 Å². The van der Waals surface area contributed by atoms with Gasteiger partial charge in [-0.25, -0.2) is 0 Å². The smallest absolute Gasteiger partial charge is 0.223 e. The fourth-order valence-corrected chi connectivity index (χ4v) is 8.85. The molecule has 19 nitrogen and oxygen atoms in total. The van der Waals surface area contributed by atoms with Crippen LogP contribution in [0.2, 0.25) is 0 Å². The molecule has 2 aromatic carbocycles. The van der Waals surface area contributed by atoms with Crippen LogP contribution in [0.1, 0.15) is 171 Å². The predicted octanol–water partition coefficient (Wildman–Crippen LogP) is 8.07. The summed E-state index contributed by atoms with van der Waals surface area (Å²) in [5.74, 6) is -5.16. The van der Waals surface area contributed by atoms with E-state index in [0.29, 0.717) is 78.2 Å². The molecule has 0 aliphatic rings. The van der Waals surface area contributed by atoms with Gasteiger partial charge in [-0.05, 0) is 80.8 Å². The standard InChI is InChI=1S/C61H93N5O14.4CH4/c1-43(2)35-47(60(75)63-41-50(68)21-13-15-29-79-33-31-77-5)39-56(71)53(37-45-17-9-7-10-18-45)65-58(73)27-24-49(67)23-25-52(62)55(70)26-28-59(74)66-54(38-46-19-11-8-12-20-46)57(72)40-48(36-44(3)4)61(76)64-42-51(69)22-14-16-30-80-34-32-78-6;;;;/h7-12,17-20,43-44,47-48,52-54H,13-16,21-42,62H2,1-6H3,(H,63,75)(H,64,76)(H,65,73)(H,66,74);4*1H4. The highest BCUT2D eigenvalue weighted by atomic mass is 16.5. The van der Waals surface area contributed by atoms with E-state index in [0.717, 1.165) is 11.1 Å².